The number of hydrogen-bond acceptors (Lipinski definition) is 4. The van der Waals surface area contributed by atoms with Gasteiger partial charge in [0, 0.05) is 6.42 Å². The lowest BCUT2D eigenvalue weighted by Gasteiger charge is -2.25. The fourth-order valence-electron chi connectivity index (χ4n) is 3.72. The topological polar surface area (TPSA) is 87.7 Å². The van der Waals surface area contributed by atoms with Crippen LogP contribution in [-0.4, -0.2) is 23.0 Å². The molecule has 0 radical (unpaired) electrons. The van der Waals surface area contributed by atoms with Gasteiger partial charge in [0.1, 0.15) is 11.5 Å². The molecule has 1 aliphatic carbocycles. The van der Waals surface area contributed by atoms with Crippen LogP contribution in [0.15, 0.2) is 42.5 Å². The monoisotopic (exact) mass is 352 g/mol. The zero-order chi connectivity index (χ0) is 18.1. The van der Waals surface area contributed by atoms with Crippen molar-refractivity contribution in [3.63, 3.8) is 0 Å². The molecule has 0 saturated heterocycles. The van der Waals surface area contributed by atoms with Gasteiger partial charge in [0.15, 0.2) is 6.10 Å². The molecule has 26 heavy (non-hydrogen) atoms. The summed E-state index contributed by atoms with van der Waals surface area (Å²) >= 11 is 0. The maximum Gasteiger partial charge on any atom is 0.279 e. The molecule has 2 aliphatic rings. The number of amides is 2. The Hall–Kier alpha value is -3.02. The molecular formula is C20H20N2O4. The second-order valence-electron chi connectivity index (χ2n) is 6.69. The van der Waals surface area contributed by atoms with Crippen molar-refractivity contribution in [1.29, 1.82) is 0 Å². The Morgan fingerprint density at radius 1 is 1.04 bits per heavy atom. The summed E-state index contributed by atoms with van der Waals surface area (Å²) < 4.78 is 5.62. The third-order valence-electron chi connectivity index (χ3n) is 5.05. The zero-order valence-electron chi connectivity index (χ0n) is 14.2. The Morgan fingerprint density at radius 3 is 2.69 bits per heavy atom. The number of fused-ring (bicyclic) bond motifs is 2. The third kappa shape index (κ3) is 2.98. The molecule has 1 aliphatic heterocycles. The molecule has 0 fully saturated rings. The fourth-order valence-corrected chi connectivity index (χ4v) is 3.72. The average molecular weight is 352 g/mol. The minimum atomic E-state index is -0.643. The summed E-state index contributed by atoms with van der Waals surface area (Å²) in [5.74, 6) is -0.105. The first-order valence-electron chi connectivity index (χ1n) is 8.78. The first kappa shape index (κ1) is 16.4. The molecule has 3 N–H and O–H groups in total. The van der Waals surface area contributed by atoms with Crippen LogP contribution in [0, 0.1) is 0 Å². The van der Waals surface area contributed by atoms with Gasteiger partial charge in [-0.3, -0.25) is 20.4 Å². The summed E-state index contributed by atoms with van der Waals surface area (Å²) in [5.41, 5.74) is 7.62. The van der Waals surface area contributed by atoms with E-state index in [9.17, 15) is 14.7 Å². The number of benzene rings is 2. The van der Waals surface area contributed by atoms with Gasteiger partial charge in [-0.2, -0.15) is 0 Å². The van der Waals surface area contributed by atoms with E-state index in [0.717, 1.165) is 29.5 Å². The largest absolute Gasteiger partial charge is 0.508 e. The molecule has 2 aromatic rings. The van der Waals surface area contributed by atoms with Crippen molar-refractivity contribution in [3.8, 4) is 11.5 Å². The molecule has 2 atom stereocenters. The number of rotatable bonds is 2. The molecule has 0 spiro atoms. The average Bonchev–Trinajstić information content (AvgIpc) is 3.10. The summed E-state index contributed by atoms with van der Waals surface area (Å²) in [7, 11) is 0. The molecule has 0 aromatic heterocycles. The van der Waals surface area contributed by atoms with Crippen molar-refractivity contribution in [2.75, 3.05) is 0 Å². The van der Waals surface area contributed by atoms with E-state index in [1.165, 1.54) is 0 Å². The lowest BCUT2D eigenvalue weighted by molar-refractivity contribution is -0.133. The molecular weight excluding hydrogens is 332 g/mol. The van der Waals surface area contributed by atoms with Gasteiger partial charge in [-0.1, -0.05) is 30.3 Å². The van der Waals surface area contributed by atoms with Gasteiger partial charge < -0.3 is 9.84 Å². The normalized spacial score (nSPS) is 20.5. The summed E-state index contributed by atoms with van der Waals surface area (Å²) in [6.07, 6.45) is 2.10. The van der Waals surface area contributed by atoms with Crippen LogP contribution in [0.25, 0.3) is 0 Å². The summed E-state index contributed by atoms with van der Waals surface area (Å²) in [6, 6.07) is 12.7. The number of carbonyl (C=O) groups is 2. The number of hydrogen-bond donors (Lipinski definition) is 3. The SMILES string of the molecule is O=C(NNC(=O)C1CCCc2c(O)cccc21)C1Cc2ccccc2O1. The van der Waals surface area contributed by atoms with Crippen LogP contribution in [0.3, 0.4) is 0 Å². The summed E-state index contributed by atoms with van der Waals surface area (Å²) in [5, 5.41) is 9.99. The Labute approximate surface area is 151 Å². The number of ether oxygens (including phenoxy) is 1. The maximum absolute atomic E-state index is 12.6. The maximum atomic E-state index is 12.6. The highest BCUT2D eigenvalue weighted by molar-refractivity contribution is 5.89. The van der Waals surface area contributed by atoms with E-state index in [0.29, 0.717) is 18.6 Å². The second-order valence-corrected chi connectivity index (χ2v) is 6.69. The minimum absolute atomic E-state index is 0.223. The van der Waals surface area contributed by atoms with Gasteiger partial charge >= 0.3 is 0 Å². The van der Waals surface area contributed by atoms with Gasteiger partial charge in [0.2, 0.25) is 5.91 Å². The van der Waals surface area contributed by atoms with Gasteiger partial charge in [0.25, 0.3) is 5.91 Å². The first-order chi connectivity index (χ1) is 12.6. The molecule has 6 nitrogen and oxygen atoms in total. The minimum Gasteiger partial charge on any atom is -0.508 e. The van der Waals surface area contributed by atoms with Gasteiger partial charge in [-0.05, 0) is 48.1 Å². The quantitative estimate of drug-likeness (QED) is 0.721. The van der Waals surface area contributed by atoms with Crippen LogP contribution in [0.4, 0.5) is 0 Å². The fraction of sp³-hybridized carbons (Fsp3) is 0.300. The molecule has 0 bridgehead atoms. The molecule has 2 aromatic carbocycles. The highest BCUT2D eigenvalue weighted by atomic mass is 16.5. The van der Waals surface area contributed by atoms with Crippen molar-refractivity contribution in [2.45, 2.75) is 37.7 Å². The van der Waals surface area contributed by atoms with E-state index in [1.54, 1.807) is 12.1 Å². The molecule has 134 valence electrons. The van der Waals surface area contributed by atoms with Crippen LogP contribution in [0.5, 0.6) is 11.5 Å². The zero-order valence-corrected chi connectivity index (χ0v) is 14.2. The number of aromatic hydroxyl groups is 1. The van der Waals surface area contributed by atoms with Crippen LogP contribution < -0.4 is 15.6 Å². The molecule has 1 heterocycles. The highest BCUT2D eigenvalue weighted by Gasteiger charge is 2.31. The molecule has 2 unspecified atom stereocenters. The van der Waals surface area contributed by atoms with Crippen molar-refractivity contribution >= 4 is 11.8 Å². The molecule has 0 saturated carbocycles. The predicted octanol–water partition coefficient (Wildman–Crippen LogP) is 1.96. The number of phenolic OH excluding ortho intramolecular Hbond substituents is 1. The van der Waals surface area contributed by atoms with E-state index in [1.807, 2.05) is 30.3 Å². The van der Waals surface area contributed by atoms with Gasteiger partial charge in [-0.25, -0.2) is 0 Å². The third-order valence-corrected chi connectivity index (χ3v) is 5.05. The Morgan fingerprint density at radius 2 is 1.85 bits per heavy atom. The van der Waals surface area contributed by atoms with Crippen molar-refractivity contribution in [1.82, 2.24) is 10.9 Å². The first-order valence-corrected chi connectivity index (χ1v) is 8.78. The highest BCUT2D eigenvalue weighted by Crippen LogP contribution is 2.36. The van der Waals surface area contributed by atoms with E-state index in [2.05, 4.69) is 10.9 Å². The molecule has 4 rings (SSSR count). The number of hydrazine groups is 1. The van der Waals surface area contributed by atoms with Crippen molar-refractivity contribution in [3.05, 3.63) is 59.2 Å². The van der Waals surface area contributed by atoms with Crippen LogP contribution in [0.2, 0.25) is 0 Å². The van der Waals surface area contributed by atoms with Crippen LogP contribution in [-0.2, 0) is 22.4 Å². The lowest BCUT2D eigenvalue weighted by atomic mass is 9.82. The Balaban J connectivity index is 1.38. The van der Waals surface area contributed by atoms with Gasteiger partial charge in [-0.15, -0.1) is 0 Å². The standard InChI is InChI=1S/C20H20N2O4/c23-16-9-4-6-13-14(16)7-3-8-15(13)19(24)21-22-20(25)18-11-12-5-1-2-10-17(12)26-18/h1-2,4-6,9-10,15,18,23H,3,7-8,11H2,(H,21,24)(H,22,25). The number of nitrogens with one attached hydrogen (secondary N) is 2. The number of para-hydroxylation sites is 1. The smallest absolute Gasteiger partial charge is 0.279 e. The Kier molecular flexibility index (Phi) is 4.24. The summed E-state index contributed by atoms with van der Waals surface area (Å²) in [6.45, 7) is 0. The predicted molar refractivity (Wildman–Crippen MR) is 94.6 cm³/mol. The van der Waals surface area contributed by atoms with Crippen LogP contribution in [0.1, 0.15) is 35.4 Å². The molecule has 2 amide bonds. The van der Waals surface area contributed by atoms with Crippen molar-refractivity contribution < 1.29 is 19.4 Å². The number of phenols is 1. The second kappa shape index (κ2) is 6.71. The molecule has 6 heteroatoms. The van der Waals surface area contributed by atoms with E-state index >= 15 is 0 Å². The lowest BCUT2D eigenvalue weighted by Crippen LogP contribution is -2.49. The van der Waals surface area contributed by atoms with Gasteiger partial charge in [0.05, 0.1) is 5.92 Å². The van der Waals surface area contributed by atoms with E-state index < -0.39 is 6.10 Å². The van der Waals surface area contributed by atoms with Crippen molar-refractivity contribution in [2.24, 2.45) is 0 Å². The summed E-state index contributed by atoms with van der Waals surface area (Å²) in [4.78, 5) is 24.9. The van der Waals surface area contributed by atoms with Crippen LogP contribution >= 0.6 is 0 Å². The Bertz CT molecular complexity index is 840. The van der Waals surface area contributed by atoms with E-state index in [-0.39, 0.29) is 23.5 Å². The van der Waals surface area contributed by atoms with E-state index in [4.69, 9.17) is 4.74 Å². The number of carbonyl (C=O) groups excluding carboxylic acids is 2.